The number of halogens is 2. The standard InChI is InChI=1S/2C12H23ClO3Si.C12H22O3Si/c1-17(2,3)7-6-16-12(15)9-4-5-11(14)10(13)8-9;1-17(2,3)7-6-16-12(15)9-4-5-10(13)11(14)8-9;1-16(2,3)7-6-14-12(13)9-4-5-10-11(8-9)15-10/h2*9-11,14H,4-8H2,1-3H3;9-11H,4-8H2,1-3H3. The fourth-order valence-electron chi connectivity index (χ4n) is 5.98. The number of rotatable bonds is 12. The SMILES string of the molecule is C[Si](C)(C)CCOC(=O)C1CCC(Cl)C(O)C1.C[Si](C)(C)CCOC(=O)C1CCC(O)C(Cl)C1.C[Si](C)(C)CCOC(=O)C1CCC2OC2C1. The molecule has 3 saturated carbocycles. The van der Waals surface area contributed by atoms with Crippen LogP contribution in [0.25, 0.3) is 0 Å². The van der Waals surface area contributed by atoms with Crippen molar-refractivity contribution in [2.75, 3.05) is 19.8 Å². The van der Waals surface area contributed by atoms with Crippen LogP contribution in [-0.4, -0.2) is 107 Å². The van der Waals surface area contributed by atoms with Crippen LogP contribution in [0.5, 0.6) is 0 Å². The topological polar surface area (TPSA) is 132 Å². The Morgan fingerprint density at radius 1 is 0.540 bits per heavy atom. The number of aliphatic hydroxyl groups excluding tert-OH is 2. The Labute approximate surface area is 315 Å². The molecule has 14 heteroatoms. The molecule has 0 amide bonds. The van der Waals surface area contributed by atoms with E-state index in [1.165, 1.54) is 0 Å². The van der Waals surface area contributed by atoms with Crippen molar-refractivity contribution >= 4 is 65.3 Å². The molecule has 1 saturated heterocycles. The lowest BCUT2D eigenvalue weighted by Gasteiger charge is -2.28. The van der Waals surface area contributed by atoms with E-state index in [4.69, 9.17) is 42.1 Å². The molecule has 4 rings (SSSR count). The Bertz CT molecular complexity index is 1010. The van der Waals surface area contributed by atoms with Gasteiger partial charge in [0.05, 0.1) is 72.7 Å². The molecule has 3 aliphatic carbocycles. The fourth-order valence-corrected chi connectivity index (χ4v) is 8.70. The number of carbonyl (C=O) groups is 3. The molecule has 9 atom stereocenters. The fraction of sp³-hybridized carbons (Fsp3) is 0.917. The molecule has 2 N–H and O–H groups in total. The molecule has 4 aliphatic rings. The molecule has 1 heterocycles. The number of hydrogen-bond donors (Lipinski definition) is 2. The number of ether oxygens (including phenoxy) is 4. The van der Waals surface area contributed by atoms with E-state index < -0.39 is 36.4 Å². The van der Waals surface area contributed by atoms with Gasteiger partial charge in [-0.1, -0.05) is 58.9 Å². The minimum Gasteiger partial charge on any atom is -0.466 e. The second-order valence-electron chi connectivity index (χ2n) is 18.3. The van der Waals surface area contributed by atoms with E-state index in [9.17, 15) is 24.6 Å². The van der Waals surface area contributed by atoms with Crippen LogP contribution in [0, 0.1) is 17.8 Å². The molecule has 0 aromatic rings. The first-order valence-corrected chi connectivity index (χ1v) is 30.8. The smallest absolute Gasteiger partial charge is 0.309 e. The van der Waals surface area contributed by atoms with Crippen LogP contribution in [-0.2, 0) is 33.3 Å². The van der Waals surface area contributed by atoms with Crippen molar-refractivity contribution in [3.05, 3.63) is 0 Å². The zero-order chi connectivity index (χ0) is 37.9. The van der Waals surface area contributed by atoms with E-state index in [0.29, 0.717) is 64.1 Å². The van der Waals surface area contributed by atoms with E-state index >= 15 is 0 Å². The van der Waals surface area contributed by atoms with Crippen molar-refractivity contribution in [2.45, 2.75) is 170 Å². The summed E-state index contributed by atoms with van der Waals surface area (Å²) in [5.41, 5.74) is 0. The first-order valence-electron chi connectivity index (χ1n) is 18.8. The second kappa shape index (κ2) is 20.8. The molecular formula is C36H68Cl2O9Si3. The van der Waals surface area contributed by atoms with Crippen molar-refractivity contribution in [1.82, 2.24) is 0 Å². The summed E-state index contributed by atoms with van der Waals surface area (Å²) in [5, 5.41) is 18.6. The summed E-state index contributed by atoms with van der Waals surface area (Å²) in [6, 6.07) is 3.05. The molecule has 9 nitrogen and oxygen atoms in total. The molecule has 0 radical (unpaired) electrons. The lowest BCUT2D eigenvalue weighted by Crippen LogP contribution is -2.34. The lowest BCUT2D eigenvalue weighted by atomic mass is 9.87. The van der Waals surface area contributed by atoms with E-state index in [0.717, 1.165) is 43.8 Å². The summed E-state index contributed by atoms with van der Waals surface area (Å²) in [6.45, 7) is 22.1. The maximum absolute atomic E-state index is 11.8. The van der Waals surface area contributed by atoms with Crippen molar-refractivity contribution in [1.29, 1.82) is 0 Å². The maximum atomic E-state index is 11.8. The van der Waals surface area contributed by atoms with Gasteiger partial charge in [0.1, 0.15) is 0 Å². The predicted octanol–water partition coefficient (Wildman–Crippen LogP) is 7.71. The van der Waals surface area contributed by atoms with Gasteiger partial charge in [-0.2, -0.15) is 0 Å². The third kappa shape index (κ3) is 19.0. The van der Waals surface area contributed by atoms with Gasteiger partial charge >= 0.3 is 17.9 Å². The average molecular weight is 800 g/mol. The molecule has 9 unspecified atom stereocenters. The van der Waals surface area contributed by atoms with E-state index in [1.54, 1.807) is 0 Å². The molecule has 0 aromatic carbocycles. The number of carbonyl (C=O) groups excluding carboxylic acids is 3. The van der Waals surface area contributed by atoms with Gasteiger partial charge in [0.25, 0.3) is 0 Å². The predicted molar refractivity (Wildman–Crippen MR) is 209 cm³/mol. The molecule has 1 aliphatic heterocycles. The van der Waals surface area contributed by atoms with Crippen molar-refractivity contribution in [2.24, 2.45) is 17.8 Å². The van der Waals surface area contributed by atoms with Gasteiger partial charge in [-0.25, -0.2) is 0 Å². The van der Waals surface area contributed by atoms with Crippen LogP contribution in [0.3, 0.4) is 0 Å². The normalized spacial score (nSPS) is 31.0. The van der Waals surface area contributed by atoms with E-state index in [-0.39, 0.29) is 46.4 Å². The molecule has 0 aromatic heterocycles. The summed E-state index contributed by atoms with van der Waals surface area (Å²) in [5.74, 6) is -0.478. The Morgan fingerprint density at radius 2 is 0.940 bits per heavy atom. The number of fused-ring (bicyclic) bond motifs is 1. The molecule has 4 fully saturated rings. The number of hydrogen-bond acceptors (Lipinski definition) is 9. The van der Waals surface area contributed by atoms with Gasteiger partial charge in [0.2, 0.25) is 0 Å². The van der Waals surface area contributed by atoms with Crippen LogP contribution >= 0.6 is 23.2 Å². The Hall–Kier alpha value is -0.479. The highest BCUT2D eigenvalue weighted by Gasteiger charge is 2.46. The average Bonchev–Trinajstić information content (AvgIpc) is 3.78. The van der Waals surface area contributed by atoms with Crippen molar-refractivity contribution < 1.29 is 43.5 Å². The Balaban J connectivity index is 0.000000260. The quantitative estimate of drug-likeness (QED) is 0.0670. The summed E-state index contributed by atoms with van der Waals surface area (Å²) in [4.78, 5) is 35.3. The number of epoxide rings is 1. The zero-order valence-electron chi connectivity index (χ0n) is 32.3. The molecule has 0 spiro atoms. The summed E-state index contributed by atoms with van der Waals surface area (Å²) in [7, 11) is -3.37. The second-order valence-corrected chi connectivity index (χ2v) is 36.3. The van der Waals surface area contributed by atoms with E-state index in [1.807, 2.05) is 0 Å². The van der Waals surface area contributed by atoms with Crippen molar-refractivity contribution in [3.63, 3.8) is 0 Å². The van der Waals surface area contributed by atoms with Gasteiger partial charge in [0, 0.05) is 24.2 Å². The minimum atomic E-state index is -1.15. The highest BCUT2D eigenvalue weighted by atomic mass is 35.5. The van der Waals surface area contributed by atoms with Gasteiger partial charge in [-0.05, 0) is 75.9 Å². The summed E-state index contributed by atoms with van der Waals surface area (Å²) in [6.07, 6.45) is 6.36. The number of esters is 3. The monoisotopic (exact) mass is 798 g/mol. The number of alkyl halides is 2. The minimum absolute atomic E-state index is 0.00667. The van der Waals surface area contributed by atoms with Crippen LogP contribution in [0.15, 0.2) is 0 Å². The first-order chi connectivity index (χ1) is 23.0. The van der Waals surface area contributed by atoms with Gasteiger partial charge < -0.3 is 29.2 Å². The summed E-state index contributed by atoms with van der Waals surface area (Å²) < 4.78 is 21.4. The number of aliphatic hydroxyl groups is 2. The zero-order valence-corrected chi connectivity index (χ0v) is 36.8. The molecule has 292 valence electrons. The molecule has 50 heavy (non-hydrogen) atoms. The highest BCUT2D eigenvalue weighted by molar-refractivity contribution is 6.76. The Morgan fingerprint density at radius 3 is 1.34 bits per heavy atom. The lowest BCUT2D eigenvalue weighted by molar-refractivity contribution is -0.151. The van der Waals surface area contributed by atoms with E-state index in [2.05, 4.69) is 58.9 Å². The van der Waals surface area contributed by atoms with Crippen LogP contribution in [0.4, 0.5) is 0 Å². The molecular weight excluding hydrogens is 732 g/mol. The van der Waals surface area contributed by atoms with Gasteiger partial charge in [0.15, 0.2) is 0 Å². The summed E-state index contributed by atoms with van der Waals surface area (Å²) >= 11 is 11.9. The first kappa shape index (κ1) is 45.7. The third-order valence-corrected chi connectivity index (χ3v) is 15.9. The maximum Gasteiger partial charge on any atom is 0.309 e. The van der Waals surface area contributed by atoms with Crippen molar-refractivity contribution in [3.8, 4) is 0 Å². The van der Waals surface area contributed by atoms with Crippen LogP contribution in [0.1, 0.15) is 57.8 Å². The third-order valence-electron chi connectivity index (χ3n) is 9.77. The largest absolute Gasteiger partial charge is 0.466 e. The van der Waals surface area contributed by atoms with Crippen LogP contribution in [0.2, 0.25) is 77.1 Å². The van der Waals surface area contributed by atoms with Gasteiger partial charge in [-0.3, -0.25) is 14.4 Å². The molecule has 0 bridgehead atoms. The highest BCUT2D eigenvalue weighted by Crippen LogP contribution is 2.40. The Kier molecular flexibility index (Phi) is 19.0. The van der Waals surface area contributed by atoms with Gasteiger partial charge in [-0.15, -0.1) is 23.2 Å². The van der Waals surface area contributed by atoms with Crippen LogP contribution < -0.4 is 0 Å².